The smallest absolute Gasteiger partial charge is 0.254 e. The summed E-state index contributed by atoms with van der Waals surface area (Å²) in [6.07, 6.45) is -0.125. The van der Waals surface area contributed by atoms with Gasteiger partial charge in [-0.2, -0.15) is 5.26 Å². The Morgan fingerprint density at radius 2 is 2.04 bits per heavy atom. The highest BCUT2D eigenvalue weighted by molar-refractivity contribution is 5.94. The number of hydrogen-bond acceptors (Lipinski definition) is 4. The van der Waals surface area contributed by atoms with Crippen LogP contribution >= 0.6 is 0 Å². The largest absolute Gasteiger partial charge is 0.382 e. The van der Waals surface area contributed by atoms with Crippen molar-refractivity contribution in [2.45, 2.75) is 44.8 Å². The van der Waals surface area contributed by atoms with Gasteiger partial charge in [0, 0.05) is 25.8 Å². The quantitative estimate of drug-likeness (QED) is 0.851. The molecule has 130 valence electrons. The molecule has 1 atom stereocenters. The Hall–Kier alpha value is -1.90. The van der Waals surface area contributed by atoms with E-state index in [0.29, 0.717) is 25.3 Å². The molecule has 5 heteroatoms. The minimum absolute atomic E-state index is 0.0196. The number of carbonyl (C=O) groups excluding carboxylic acids is 1. The lowest BCUT2D eigenvalue weighted by Gasteiger charge is -2.42. The molecule has 24 heavy (non-hydrogen) atoms. The van der Waals surface area contributed by atoms with Crippen molar-refractivity contribution in [3.63, 3.8) is 0 Å². The lowest BCUT2D eigenvalue weighted by molar-refractivity contribution is -0.143. The van der Waals surface area contributed by atoms with Crippen molar-refractivity contribution in [3.8, 4) is 6.07 Å². The van der Waals surface area contributed by atoms with E-state index < -0.39 is 11.0 Å². The van der Waals surface area contributed by atoms with E-state index in [9.17, 15) is 10.1 Å². The van der Waals surface area contributed by atoms with Crippen LogP contribution in [0.25, 0.3) is 0 Å². The number of methoxy groups -OCH3 is 1. The third kappa shape index (κ3) is 4.14. The molecule has 0 bridgehead atoms. The van der Waals surface area contributed by atoms with E-state index in [1.54, 1.807) is 19.2 Å². The summed E-state index contributed by atoms with van der Waals surface area (Å²) < 4.78 is 11.1. The highest BCUT2D eigenvalue weighted by atomic mass is 16.5. The molecule has 1 amide bonds. The van der Waals surface area contributed by atoms with Crippen LogP contribution in [0.15, 0.2) is 24.3 Å². The minimum atomic E-state index is -0.563. The van der Waals surface area contributed by atoms with Crippen molar-refractivity contribution in [1.29, 1.82) is 5.26 Å². The molecular formula is C19H26N2O3. The van der Waals surface area contributed by atoms with Crippen LogP contribution in [-0.2, 0) is 14.9 Å². The third-order valence-corrected chi connectivity index (χ3v) is 4.25. The second kappa shape index (κ2) is 6.92. The molecule has 1 aromatic rings. The van der Waals surface area contributed by atoms with Gasteiger partial charge in [-0.3, -0.25) is 4.79 Å². The number of nitrogens with zero attached hydrogens (tertiary/aromatic N) is 2. The molecule has 0 aromatic heterocycles. The number of hydrogen-bond donors (Lipinski definition) is 0. The summed E-state index contributed by atoms with van der Waals surface area (Å²) in [6, 6.07) is 9.58. The predicted octanol–water partition coefficient (Wildman–Crippen LogP) is 2.75. The molecule has 2 rings (SSSR count). The summed E-state index contributed by atoms with van der Waals surface area (Å²) in [7, 11) is 1.63. The Bertz CT molecular complexity index is 629. The first kappa shape index (κ1) is 18.4. The molecular weight excluding hydrogens is 304 g/mol. The molecule has 1 aromatic carbocycles. The first-order chi connectivity index (χ1) is 11.2. The van der Waals surface area contributed by atoms with Crippen LogP contribution in [0, 0.1) is 11.3 Å². The topological polar surface area (TPSA) is 62.6 Å². The van der Waals surface area contributed by atoms with E-state index in [2.05, 4.69) is 6.07 Å². The summed E-state index contributed by atoms with van der Waals surface area (Å²) in [5.74, 6) is -0.0196. The molecule has 1 saturated heterocycles. The van der Waals surface area contributed by atoms with E-state index in [-0.39, 0.29) is 12.0 Å². The van der Waals surface area contributed by atoms with Crippen molar-refractivity contribution in [1.82, 2.24) is 4.90 Å². The number of ether oxygens (including phenoxy) is 2. The van der Waals surface area contributed by atoms with Crippen LogP contribution in [0.2, 0.25) is 0 Å². The van der Waals surface area contributed by atoms with Gasteiger partial charge in [0.15, 0.2) is 0 Å². The minimum Gasteiger partial charge on any atom is -0.382 e. The molecule has 0 unspecified atom stereocenters. The van der Waals surface area contributed by atoms with Crippen molar-refractivity contribution in [3.05, 3.63) is 35.4 Å². The fourth-order valence-electron chi connectivity index (χ4n) is 3.00. The zero-order valence-corrected chi connectivity index (χ0v) is 15.1. The van der Waals surface area contributed by atoms with Gasteiger partial charge in [0.1, 0.15) is 0 Å². The summed E-state index contributed by atoms with van der Waals surface area (Å²) in [5, 5.41) is 9.22. The predicted molar refractivity (Wildman–Crippen MR) is 91.8 cm³/mol. The van der Waals surface area contributed by atoms with Gasteiger partial charge in [0.25, 0.3) is 5.91 Å². The van der Waals surface area contributed by atoms with E-state index in [4.69, 9.17) is 9.47 Å². The van der Waals surface area contributed by atoms with Crippen LogP contribution in [0.1, 0.15) is 43.6 Å². The van der Waals surface area contributed by atoms with Crippen LogP contribution in [0.4, 0.5) is 0 Å². The van der Waals surface area contributed by atoms with Crippen molar-refractivity contribution in [2.24, 2.45) is 0 Å². The summed E-state index contributed by atoms with van der Waals surface area (Å²) in [5.41, 5.74) is 0.564. The van der Waals surface area contributed by atoms with Crippen LogP contribution in [0.3, 0.4) is 0 Å². The van der Waals surface area contributed by atoms with Gasteiger partial charge < -0.3 is 14.4 Å². The molecule has 1 fully saturated rings. The number of carbonyl (C=O) groups is 1. The Labute approximate surface area is 144 Å². The fourth-order valence-corrected chi connectivity index (χ4v) is 3.00. The Balaban J connectivity index is 2.17. The summed E-state index contributed by atoms with van der Waals surface area (Å²) in [4.78, 5) is 14.6. The molecule has 0 spiro atoms. The van der Waals surface area contributed by atoms with Gasteiger partial charge in [-0.25, -0.2) is 0 Å². The molecule has 0 radical (unpaired) electrons. The van der Waals surface area contributed by atoms with Gasteiger partial charge >= 0.3 is 0 Å². The number of morpholine rings is 1. The lowest BCUT2D eigenvalue weighted by Crippen LogP contribution is -2.55. The van der Waals surface area contributed by atoms with Gasteiger partial charge in [-0.05, 0) is 45.4 Å². The van der Waals surface area contributed by atoms with Gasteiger partial charge in [-0.15, -0.1) is 0 Å². The molecule has 0 N–H and O–H groups in total. The van der Waals surface area contributed by atoms with E-state index >= 15 is 0 Å². The summed E-state index contributed by atoms with van der Waals surface area (Å²) in [6.45, 7) is 9.20. The Morgan fingerprint density at radius 1 is 1.42 bits per heavy atom. The highest BCUT2D eigenvalue weighted by Gasteiger charge is 2.36. The van der Waals surface area contributed by atoms with Gasteiger partial charge in [0.05, 0.1) is 29.8 Å². The standard InChI is InChI=1S/C19H26N2O3/c1-18(2,12-20)15-8-6-14(7-9-15)17(22)21-10-16(11-23-5)24-19(3,4)13-21/h6-9,16H,10-11,13H2,1-5H3/t16-/m1/s1. The van der Waals surface area contributed by atoms with Crippen LogP contribution in [0.5, 0.6) is 0 Å². The molecule has 5 nitrogen and oxygen atoms in total. The second-order valence-electron chi connectivity index (χ2n) is 7.45. The maximum atomic E-state index is 12.8. The SMILES string of the molecule is COC[C@H]1CN(C(=O)c2ccc(C(C)(C)C#N)cc2)CC(C)(C)O1. The number of nitriles is 1. The molecule has 1 aliphatic heterocycles. The second-order valence-corrected chi connectivity index (χ2v) is 7.45. The monoisotopic (exact) mass is 330 g/mol. The zero-order chi connectivity index (χ0) is 18.0. The lowest BCUT2D eigenvalue weighted by atomic mass is 9.86. The maximum absolute atomic E-state index is 12.8. The fraction of sp³-hybridized carbons (Fsp3) is 0.579. The number of benzene rings is 1. The van der Waals surface area contributed by atoms with Crippen molar-refractivity contribution in [2.75, 3.05) is 26.8 Å². The van der Waals surface area contributed by atoms with Crippen molar-refractivity contribution < 1.29 is 14.3 Å². The van der Waals surface area contributed by atoms with Gasteiger partial charge in [0.2, 0.25) is 0 Å². The number of rotatable bonds is 4. The average Bonchev–Trinajstić information content (AvgIpc) is 2.53. The van der Waals surface area contributed by atoms with E-state index in [1.165, 1.54) is 0 Å². The van der Waals surface area contributed by atoms with Gasteiger partial charge in [-0.1, -0.05) is 12.1 Å². The van der Waals surface area contributed by atoms with Crippen LogP contribution in [-0.4, -0.2) is 49.3 Å². The zero-order valence-electron chi connectivity index (χ0n) is 15.1. The van der Waals surface area contributed by atoms with E-state index in [1.807, 2.05) is 44.7 Å². The van der Waals surface area contributed by atoms with Crippen LogP contribution < -0.4 is 0 Å². The maximum Gasteiger partial charge on any atom is 0.254 e. The molecule has 0 aliphatic carbocycles. The third-order valence-electron chi connectivity index (χ3n) is 4.25. The number of amides is 1. The molecule has 1 aliphatic rings. The van der Waals surface area contributed by atoms with Crippen molar-refractivity contribution >= 4 is 5.91 Å². The first-order valence-corrected chi connectivity index (χ1v) is 8.16. The normalized spacial score (nSPS) is 20.5. The first-order valence-electron chi connectivity index (χ1n) is 8.16. The Morgan fingerprint density at radius 3 is 2.58 bits per heavy atom. The Kier molecular flexibility index (Phi) is 5.32. The van der Waals surface area contributed by atoms with E-state index in [0.717, 1.165) is 5.56 Å². The summed E-state index contributed by atoms with van der Waals surface area (Å²) >= 11 is 0. The molecule has 0 saturated carbocycles. The molecule has 1 heterocycles. The highest BCUT2D eigenvalue weighted by Crippen LogP contribution is 2.25. The average molecular weight is 330 g/mol.